The standard InChI is InChI=1S/C9H6N4O3/c10-3-4-13-8(6-2-1-5-16-6)7(9(14)15)11-12-13/h1-2,5H,4H2,(H,14,15). The van der Waals surface area contributed by atoms with E-state index >= 15 is 0 Å². The smallest absolute Gasteiger partial charge is 0.358 e. The van der Waals surface area contributed by atoms with Crippen molar-refractivity contribution in [3.8, 4) is 17.5 Å². The van der Waals surface area contributed by atoms with Crippen molar-refractivity contribution < 1.29 is 14.3 Å². The minimum absolute atomic E-state index is 0.0870. The fraction of sp³-hybridized carbons (Fsp3) is 0.111. The summed E-state index contributed by atoms with van der Waals surface area (Å²) in [6.07, 6.45) is 1.41. The van der Waals surface area contributed by atoms with Crippen molar-refractivity contribution in [3.05, 3.63) is 24.1 Å². The Balaban J connectivity index is 2.59. The van der Waals surface area contributed by atoms with Gasteiger partial charge in [-0.2, -0.15) is 5.26 Å². The highest BCUT2D eigenvalue weighted by Crippen LogP contribution is 2.22. The van der Waals surface area contributed by atoms with E-state index in [1.54, 1.807) is 12.1 Å². The molecule has 0 aliphatic carbocycles. The summed E-state index contributed by atoms with van der Waals surface area (Å²) in [7, 11) is 0. The molecule has 0 aromatic carbocycles. The topological polar surface area (TPSA) is 105 Å². The van der Waals surface area contributed by atoms with Gasteiger partial charge in [-0.1, -0.05) is 5.21 Å². The largest absolute Gasteiger partial charge is 0.476 e. The van der Waals surface area contributed by atoms with Crippen LogP contribution in [0.25, 0.3) is 11.5 Å². The second kappa shape index (κ2) is 3.86. The summed E-state index contributed by atoms with van der Waals surface area (Å²) in [6, 6.07) is 5.06. The first-order valence-corrected chi connectivity index (χ1v) is 4.31. The summed E-state index contributed by atoms with van der Waals surface area (Å²) in [5.74, 6) is -0.895. The second-order valence-electron chi connectivity index (χ2n) is 2.88. The van der Waals surface area contributed by atoms with Crippen LogP contribution in [0.2, 0.25) is 0 Å². The molecule has 0 amide bonds. The van der Waals surface area contributed by atoms with E-state index in [0.717, 1.165) is 0 Å². The first-order chi connectivity index (χ1) is 7.74. The van der Waals surface area contributed by atoms with Gasteiger partial charge in [0.2, 0.25) is 5.69 Å². The molecule has 0 saturated carbocycles. The lowest BCUT2D eigenvalue weighted by molar-refractivity contribution is 0.0691. The van der Waals surface area contributed by atoms with Crippen LogP contribution in [-0.4, -0.2) is 26.1 Å². The molecule has 2 rings (SSSR count). The molecule has 0 spiro atoms. The average molecular weight is 218 g/mol. The number of hydrogen-bond donors (Lipinski definition) is 1. The number of nitriles is 1. The zero-order chi connectivity index (χ0) is 11.5. The van der Waals surface area contributed by atoms with Gasteiger partial charge in [-0.3, -0.25) is 0 Å². The predicted octanol–water partition coefficient (Wildman–Crippen LogP) is 0.760. The lowest BCUT2D eigenvalue weighted by atomic mass is 10.2. The molecular formula is C9H6N4O3. The highest BCUT2D eigenvalue weighted by Gasteiger charge is 2.22. The van der Waals surface area contributed by atoms with E-state index in [0.29, 0.717) is 5.76 Å². The van der Waals surface area contributed by atoms with Gasteiger partial charge in [-0.25, -0.2) is 9.48 Å². The summed E-state index contributed by atoms with van der Waals surface area (Å²) >= 11 is 0. The normalized spacial score (nSPS) is 9.94. The van der Waals surface area contributed by atoms with Crippen LogP contribution in [0.5, 0.6) is 0 Å². The number of carboxylic acids is 1. The average Bonchev–Trinajstić information content (AvgIpc) is 2.84. The van der Waals surface area contributed by atoms with Crippen LogP contribution < -0.4 is 0 Å². The van der Waals surface area contributed by atoms with E-state index in [2.05, 4.69) is 10.3 Å². The van der Waals surface area contributed by atoms with Crippen LogP contribution in [0, 0.1) is 11.3 Å². The second-order valence-corrected chi connectivity index (χ2v) is 2.88. The van der Waals surface area contributed by atoms with Crippen molar-refractivity contribution in [1.29, 1.82) is 5.26 Å². The van der Waals surface area contributed by atoms with Crippen LogP contribution in [0.4, 0.5) is 0 Å². The molecule has 16 heavy (non-hydrogen) atoms. The number of carboxylic acid groups (broad SMARTS) is 1. The summed E-state index contributed by atoms with van der Waals surface area (Å²) in [5.41, 5.74) is -0.0377. The third-order valence-corrected chi connectivity index (χ3v) is 1.91. The van der Waals surface area contributed by atoms with Gasteiger partial charge in [-0.15, -0.1) is 5.10 Å². The van der Waals surface area contributed by atoms with Crippen LogP contribution in [0.3, 0.4) is 0 Å². The first kappa shape index (κ1) is 9.92. The van der Waals surface area contributed by atoms with Gasteiger partial charge >= 0.3 is 5.97 Å². The highest BCUT2D eigenvalue weighted by molar-refractivity contribution is 5.91. The zero-order valence-electron chi connectivity index (χ0n) is 7.99. The molecule has 0 saturated heterocycles. The van der Waals surface area contributed by atoms with Crippen LogP contribution in [0.15, 0.2) is 22.8 Å². The van der Waals surface area contributed by atoms with E-state index in [4.69, 9.17) is 14.8 Å². The quantitative estimate of drug-likeness (QED) is 0.815. The molecule has 1 N–H and O–H groups in total. The molecule has 0 aliphatic rings. The summed E-state index contributed by atoms with van der Waals surface area (Å²) < 4.78 is 6.26. The van der Waals surface area contributed by atoms with Crippen LogP contribution >= 0.6 is 0 Å². The maximum Gasteiger partial charge on any atom is 0.358 e. The third kappa shape index (κ3) is 1.52. The van der Waals surface area contributed by atoms with Crippen molar-refractivity contribution in [3.63, 3.8) is 0 Å². The molecule has 0 radical (unpaired) electrons. The number of hydrogen-bond acceptors (Lipinski definition) is 5. The van der Waals surface area contributed by atoms with Crippen molar-refractivity contribution in [2.75, 3.05) is 0 Å². The molecule has 80 valence electrons. The van der Waals surface area contributed by atoms with Crippen LogP contribution in [0.1, 0.15) is 10.5 Å². The van der Waals surface area contributed by atoms with Crippen molar-refractivity contribution in [1.82, 2.24) is 15.0 Å². The molecule has 0 unspecified atom stereocenters. The Bertz CT molecular complexity index is 550. The van der Waals surface area contributed by atoms with Gasteiger partial charge in [0, 0.05) is 0 Å². The molecule has 0 aliphatic heterocycles. The molecule has 0 fully saturated rings. The maximum atomic E-state index is 10.9. The van der Waals surface area contributed by atoms with Crippen molar-refractivity contribution in [2.24, 2.45) is 0 Å². The van der Waals surface area contributed by atoms with Gasteiger partial charge in [-0.05, 0) is 12.1 Å². The number of aromatic nitrogens is 3. The lowest BCUT2D eigenvalue weighted by Crippen LogP contribution is -2.03. The fourth-order valence-electron chi connectivity index (χ4n) is 1.29. The fourth-order valence-corrected chi connectivity index (χ4v) is 1.29. The SMILES string of the molecule is N#CCn1nnc(C(=O)O)c1-c1ccco1. The molecule has 7 heteroatoms. The third-order valence-electron chi connectivity index (χ3n) is 1.91. The van der Waals surface area contributed by atoms with E-state index in [9.17, 15) is 4.79 Å². The Morgan fingerprint density at radius 1 is 1.69 bits per heavy atom. The van der Waals surface area contributed by atoms with Gasteiger partial charge in [0.1, 0.15) is 12.2 Å². The highest BCUT2D eigenvalue weighted by atomic mass is 16.4. The molecule has 2 heterocycles. The molecule has 2 aromatic rings. The molecule has 2 aromatic heterocycles. The number of nitrogens with zero attached hydrogens (tertiary/aromatic N) is 4. The number of aromatic carboxylic acids is 1. The van der Waals surface area contributed by atoms with Crippen molar-refractivity contribution >= 4 is 5.97 Å². The van der Waals surface area contributed by atoms with Gasteiger partial charge in [0.05, 0.1) is 12.3 Å². The number of carbonyl (C=O) groups is 1. The molecule has 0 atom stereocenters. The Kier molecular flexibility index (Phi) is 2.39. The first-order valence-electron chi connectivity index (χ1n) is 4.31. The van der Waals surface area contributed by atoms with Crippen molar-refractivity contribution in [2.45, 2.75) is 6.54 Å². The Labute approximate surface area is 89.5 Å². The van der Waals surface area contributed by atoms with E-state index < -0.39 is 5.97 Å². The van der Waals surface area contributed by atoms with E-state index in [1.165, 1.54) is 10.9 Å². The maximum absolute atomic E-state index is 10.9. The minimum atomic E-state index is -1.21. The van der Waals surface area contributed by atoms with E-state index in [-0.39, 0.29) is 17.9 Å². The number of furan rings is 1. The predicted molar refractivity (Wildman–Crippen MR) is 50.3 cm³/mol. The van der Waals surface area contributed by atoms with Gasteiger partial charge < -0.3 is 9.52 Å². The van der Waals surface area contributed by atoms with E-state index in [1.807, 2.05) is 6.07 Å². The Morgan fingerprint density at radius 2 is 2.50 bits per heavy atom. The molecule has 0 bridgehead atoms. The monoisotopic (exact) mass is 218 g/mol. The number of rotatable bonds is 3. The van der Waals surface area contributed by atoms with Gasteiger partial charge in [0.25, 0.3) is 0 Å². The summed E-state index contributed by atoms with van der Waals surface area (Å²) in [6.45, 7) is -0.0870. The Hall–Kier alpha value is -2.62. The lowest BCUT2D eigenvalue weighted by Gasteiger charge is -1.98. The van der Waals surface area contributed by atoms with Crippen LogP contribution in [-0.2, 0) is 6.54 Å². The summed E-state index contributed by atoms with van der Waals surface area (Å²) in [5, 5.41) is 24.6. The summed E-state index contributed by atoms with van der Waals surface area (Å²) in [4.78, 5) is 10.9. The van der Waals surface area contributed by atoms with Gasteiger partial charge in [0.15, 0.2) is 5.76 Å². The minimum Gasteiger partial charge on any atom is -0.476 e. The zero-order valence-corrected chi connectivity index (χ0v) is 7.99. The Morgan fingerprint density at radius 3 is 3.06 bits per heavy atom. The molecule has 7 nitrogen and oxygen atoms in total. The molecular weight excluding hydrogens is 212 g/mol.